The average molecular weight is 122 g/mol. The van der Waals surface area contributed by atoms with Crippen LogP contribution in [-0.4, -0.2) is 0 Å². The van der Waals surface area contributed by atoms with Crippen molar-refractivity contribution in [3.63, 3.8) is 0 Å². The molecule has 1 rings (SSSR count). The molecule has 0 heteroatoms. The summed E-state index contributed by atoms with van der Waals surface area (Å²) in [6.45, 7) is 6.63. The van der Waals surface area contributed by atoms with Crippen LogP contribution in [0.25, 0.3) is 0 Å². The molecule has 0 spiro atoms. The third-order valence-corrected chi connectivity index (χ3v) is 2.04. The van der Waals surface area contributed by atoms with Crippen molar-refractivity contribution in [2.75, 3.05) is 0 Å². The third kappa shape index (κ3) is 1.24. The molecule has 0 heterocycles. The van der Waals surface area contributed by atoms with E-state index in [4.69, 9.17) is 0 Å². The SMILES string of the molecule is CCC1=CC(C)=C(C)C1. The van der Waals surface area contributed by atoms with E-state index >= 15 is 0 Å². The van der Waals surface area contributed by atoms with Gasteiger partial charge in [-0.2, -0.15) is 0 Å². The molecule has 0 amide bonds. The summed E-state index contributed by atoms with van der Waals surface area (Å²) in [6.07, 6.45) is 4.76. The van der Waals surface area contributed by atoms with Gasteiger partial charge in [-0.3, -0.25) is 0 Å². The van der Waals surface area contributed by atoms with E-state index in [1.165, 1.54) is 18.4 Å². The van der Waals surface area contributed by atoms with Crippen molar-refractivity contribution in [2.24, 2.45) is 0 Å². The van der Waals surface area contributed by atoms with Crippen LogP contribution in [0.5, 0.6) is 0 Å². The van der Waals surface area contributed by atoms with E-state index in [2.05, 4.69) is 26.8 Å². The van der Waals surface area contributed by atoms with E-state index in [1.807, 2.05) is 0 Å². The fourth-order valence-corrected chi connectivity index (χ4v) is 1.19. The zero-order chi connectivity index (χ0) is 6.85. The lowest BCUT2D eigenvalue weighted by atomic mass is 10.1. The zero-order valence-electron chi connectivity index (χ0n) is 6.49. The largest absolute Gasteiger partial charge is 0.0663 e. The van der Waals surface area contributed by atoms with Crippen LogP contribution >= 0.6 is 0 Å². The van der Waals surface area contributed by atoms with Gasteiger partial charge in [0.05, 0.1) is 0 Å². The van der Waals surface area contributed by atoms with E-state index in [1.54, 1.807) is 11.1 Å². The first-order valence-corrected chi connectivity index (χ1v) is 3.60. The Kier molecular flexibility index (Phi) is 1.75. The summed E-state index contributed by atoms with van der Waals surface area (Å²) in [5, 5.41) is 0. The van der Waals surface area contributed by atoms with Crippen LogP contribution in [-0.2, 0) is 0 Å². The Hall–Kier alpha value is -0.520. The highest BCUT2D eigenvalue weighted by molar-refractivity contribution is 5.36. The van der Waals surface area contributed by atoms with Gasteiger partial charge in [0.1, 0.15) is 0 Å². The molecule has 0 aliphatic heterocycles. The summed E-state index contributed by atoms with van der Waals surface area (Å²) in [5.41, 5.74) is 4.61. The molecule has 0 nitrogen and oxygen atoms in total. The Bertz CT molecular complexity index is 170. The molecule has 0 radical (unpaired) electrons. The first-order chi connectivity index (χ1) is 4.24. The molecule has 1 aliphatic carbocycles. The number of allylic oxidation sites excluding steroid dienone is 4. The van der Waals surface area contributed by atoms with Crippen molar-refractivity contribution in [1.29, 1.82) is 0 Å². The molecule has 0 fully saturated rings. The maximum absolute atomic E-state index is 2.31. The monoisotopic (exact) mass is 122 g/mol. The van der Waals surface area contributed by atoms with Gasteiger partial charge in [-0.25, -0.2) is 0 Å². The smallest absolute Gasteiger partial charge is 0.0102 e. The quantitative estimate of drug-likeness (QED) is 0.501. The Labute approximate surface area is 57.3 Å². The summed E-state index contributed by atoms with van der Waals surface area (Å²) in [7, 11) is 0. The number of rotatable bonds is 1. The first-order valence-electron chi connectivity index (χ1n) is 3.60. The molecule has 0 saturated carbocycles. The van der Waals surface area contributed by atoms with Crippen LogP contribution in [0.15, 0.2) is 22.8 Å². The minimum atomic E-state index is 1.22. The van der Waals surface area contributed by atoms with E-state index in [9.17, 15) is 0 Å². The van der Waals surface area contributed by atoms with Crippen LogP contribution in [0.1, 0.15) is 33.6 Å². The predicted molar refractivity (Wildman–Crippen MR) is 41.4 cm³/mol. The van der Waals surface area contributed by atoms with Gasteiger partial charge >= 0.3 is 0 Å². The molecule has 0 aromatic rings. The van der Waals surface area contributed by atoms with Crippen molar-refractivity contribution in [3.8, 4) is 0 Å². The Morgan fingerprint density at radius 3 is 2.33 bits per heavy atom. The highest BCUT2D eigenvalue weighted by atomic mass is 14.1. The van der Waals surface area contributed by atoms with Crippen LogP contribution in [0.4, 0.5) is 0 Å². The highest BCUT2D eigenvalue weighted by Crippen LogP contribution is 2.25. The second-order valence-corrected chi connectivity index (χ2v) is 2.80. The van der Waals surface area contributed by atoms with Crippen LogP contribution < -0.4 is 0 Å². The summed E-state index contributed by atoms with van der Waals surface area (Å²) < 4.78 is 0. The van der Waals surface area contributed by atoms with Crippen molar-refractivity contribution in [2.45, 2.75) is 33.6 Å². The summed E-state index contributed by atoms with van der Waals surface area (Å²) in [5.74, 6) is 0. The first kappa shape index (κ1) is 6.60. The lowest BCUT2D eigenvalue weighted by Gasteiger charge is -1.93. The topological polar surface area (TPSA) is 0 Å². The second kappa shape index (κ2) is 2.38. The van der Waals surface area contributed by atoms with E-state index in [0.29, 0.717) is 0 Å². The summed E-state index contributed by atoms with van der Waals surface area (Å²) in [6, 6.07) is 0. The van der Waals surface area contributed by atoms with E-state index in [0.717, 1.165) is 0 Å². The van der Waals surface area contributed by atoms with Gasteiger partial charge in [-0.05, 0) is 26.7 Å². The van der Waals surface area contributed by atoms with Crippen molar-refractivity contribution in [1.82, 2.24) is 0 Å². The van der Waals surface area contributed by atoms with Gasteiger partial charge in [0, 0.05) is 0 Å². The van der Waals surface area contributed by atoms with Crippen LogP contribution in [0.3, 0.4) is 0 Å². The molecule has 0 saturated heterocycles. The van der Waals surface area contributed by atoms with Gasteiger partial charge in [0.25, 0.3) is 0 Å². The van der Waals surface area contributed by atoms with Gasteiger partial charge in [-0.1, -0.05) is 29.7 Å². The number of hydrogen-bond acceptors (Lipinski definition) is 0. The molecule has 0 bridgehead atoms. The van der Waals surface area contributed by atoms with Crippen LogP contribution in [0.2, 0.25) is 0 Å². The van der Waals surface area contributed by atoms with E-state index in [-0.39, 0.29) is 0 Å². The molecular formula is C9H14. The summed E-state index contributed by atoms with van der Waals surface area (Å²) >= 11 is 0. The molecule has 9 heavy (non-hydrogen) atoms. The second-order valence-electron chi connectivity index (χ2n) is 2.80. The Morgan fingerprint density at radius 1 is 1.44 bits per heavy atom. The molecular weight excluding hydrogens is 108 g/mol. The standard InChI is InChI=1S/C9H14/c1-4-9-5-7(2)8(3)6-9/h5H,4,6H2,1-3H3. The van der Waals surface area contributed by atoms with Gasteiger partial charge in [0.15, 0.2) is 0 Å². The average Bonchev–Trinajstić information content (AvgIpc) is 2.13. The lowest BCUT2D eigenvalue weighted by molar-refractivity contribution is 1.01. The maximum atomic E-state index is 2.31. The zero-order valence-corrected chi connectivity index (χ0v) is 6.49. The lowest BCUT2D eigenvalue weighted by Crippen LogP contribution is -1.74. The molecule has 0 N–H and O–H groups in total. The van der Waals surface area contributed by atoms with Gasteiger partial charge in [-0.15, -0.1) is 0 Å². The Balaban J connectivity index is 2.67. The van der Waals surface area contributed by atoms with Crippen molar-refractivity contribution >= 4 is 0 Å². The van der Waals surface area contributed by atoms with Crippen LogP contribution in [0, 0.1) is 0 Å². The van der Waals surface area contributed by atoms with E-state index < -0.39 is 0 Å². The van der Waals surface area contributed by atoms with Gasteiger partial charge in [0.2, 0.25) is 0 Å². The molecule has 50 valence electrons. The molecule has 1 aliphatic rings. The number of hydrogen-bond donors (Lipinski definition) is 0. The molecule has 0 aromatic heterocycles. The predicted octanol–water partition coefficient (Wildman–Crippen LogP) is 3.06. The fourth-order valence-electron chi connectivity index (χ4n) is 1.19. The normalized spacial score (nSPS) is 18.8. The summed E-state index contributed by atoms with van der Waals surface area (Å²) in [4.78, 5) is 0. The minimum absolute atomic E-state index is 1.22. The van der Waals surface area contributed by atoms with Crippen molar-refractivity contribution < 1.29 is 0 Å². The third-order valence-electron chi connectivity index (χ3n) is 2.04. The van der Waals surface area contributed by atoms with Crippen molar-refractivity contribution in [3.05, 3.63) is 22.8 Å². The maximum Gasteiger partial charge on any atom is -0.0102 e. The Morgan fingerprint density at radius 2 is 2.11 bits per heavy atom. The molecule has 0 unspecified atom stereocenters. The minimum Gasteiger partial charge on any atom is -0.0663 e. The van der Waals surface area contributed by atoms with Gasteiger partial charge < -0.3 is 0 Å². The fraction of sp³-hybridized carbons (Fsp3) is 0.556. The highest BCUT2D eigenvalue weighted by Gasteiger charge is 2.05. The molecule has 0 aromatic carbocycles. The molecule has 0 atom stereocenters.